The van der Waals surface area contributed by atoms with Gasteiger partial charge >= 0.3 is 0 Å². The molecule has 1 saturated heterocycles. The maximum atomic E-state index is 5.77. The monoisotopic (exact) mass is 220 g/mol. The van der Waals surface area contributed by atoms with Gasteiger partial charge in [-0.25, -0.2) is 0 Å². The lowest BCUT2D eigenvalue weighted by Crippen LogP contribution is -2.23. The molecule has 1 aromatic carbocycles. The molecule has 0 spiro atoms. The van der Waals surface area contributed by atoms with Crippen LogP contribution in [-0.4, -0.2) is 32.3 Å². The highest BCUT2D eigenvalue weighted by molar-refractivity contribution is 5.47. The first-order chi connectivity index (χ1) is 7.90. The second kappa shape index (κ2) is 5.87. The van der Waals surface area contributed by atoms with Crippen LogP contribution in [0.4, 0.5) is 5.69 Å². The first-order valence-corrected chi connectivity index (χ1v) is 6.02. The van der Waals surface area contributed by atoms with E-state index in [-0.39, 0.29) is 0 Å². The summed E-state index contributed by atoms with van der Waals surface area (Å²) in [5.41, 5.74) is 6.74. The third kappa shape index (κ3) is 2.97. The van der Waals surface area contributed by atoms with Crippen molar-refractivity contribution in [3.05, 3.63) is 30.3 Å². The second-order valence-corrected chi connectivity index (χ2v) is 4.21. The van der Waals surface area contributed by atoms with Gasteiger partial charge in [-0.2, -0.15) is 0 Å². The van der Waals surface area contributed by atoms with E-state index in [1.807, 2.05) is 0 Å². The zero-order valence-corrected chi connectivity index (χ0v) is 9.64. The molecular weight excluding hydrogens is 200 g/mol. The van der Waals surface area contributed by atoms with E-state index in [9.17, 15) is 0 Å². The topological polar surface area (TPSA) is 38.5 Å². The second-order valence-electron chi connectivity index (χ2n) is 4.21. The molecular formula is C13H20N2O. The van der Waals surface area contributed by atoms with Crippen molar-refractivity contribution in [1.29, 1.82) is 0 Å². The van der Waals surface area contributed by atoms with E-state index in [1.165, 1.54) is 5.69 Å². The van der Waals surface area contributed by atoms with Crippen LogP contribution in [0.5, 0.6) is 0 Å². The quantitative estimate of drug-likeness (QED) is 0.766. The summed E-state index contributed by atoms with van der Waals surface area (Å²) >= 11 is 0. The van der Waals surface area contributed by atoms with Crippen LogP contribution in [0, 0.1) is 0 Å². The lowest BCUT2D eigenvalue weighted by atomic mass is 10.3. The van der Waals surface area contributed by atoms with Crippen LogP contribution in [0.15, 0.2) is 30.3 Å². The zero-order chi connectivity index (χ0) is 11.2. The molecule has 1 heterocycles. The lowest BCUT2D eigenvalue weighted by molar-refractivity contribution is 0.0676. The zero-order valence-electron chi connectivity index (χ0n) is 9.64. The molecule has 0 aromatic heterocycles. The highest BCUT2D eigenvalue weighted by atomic mass is 16.5. The number of nitrogens with zero attached hydrogens (tertiary/aromatic N) is 1. The maximum Gasteiger partial charge on any atom is 0.0766 e. The van der Waals surface area contributed by atoms with Gasteiger partial charge < -0.3 is 15.4 Å². The predicted molar refractivity (Wildman–Crippen MR) is 66.7 cm³/mol. The van der Waals surface area contributed by atoms with Crippen molar-refractivity contribution in [3.8, 4) is 0 Å². The molecule has 16 heavy (non-hydrogen) atoms. The van der Waals surface area contributed by atoms with Crippen molar-refractivity contribution in [3.63, 3.8) is 0 Å². The first-order valence-electron chi connectivity index (χ1n) is 6.02. The fourth-order valence-corrected chi connectivity index (χ4v) is 2.07. The minimum absolute atomic E-state index is 0.381. The molecule has 1 aliphatic heterocycles. The third-order valence-electron chi connectivity index (χ3n) is 2.97. The lowest BCUT2D eigenvalue weighted by Gasteiger charge is -2.18. The Balaban J connectivity index is 1.79. The molecule has 2 rings (SSSR count). The van der Waals surface area contributed by atoms with Crippen LogP contribution >= 0.6 is 0 Å². The van der Waals surface area contributed by atoms with Gasteiger partial charge in [-0.15, -0.1) is 0 Å². The summed E-state index contributed by atoms with van der Waals surface area (Å²) in [6.07, 6.45) is 2.47. The third-order valence-corrected chi connectivity index (χ3v) is 2.97. The summed E-state index contributed by atoms with van der Waals surface area (Å²) in [5.74, 6) is 0. The SMILES string of the molecule is NCCCO[C@@H]1CCN(c2ccccc2)C1. The Bertz CT molecular complexity index is 302. The summed E-state index contributed by atoms with van der Waals surface area (Å²) in [4.78, 5) is 2.38. The van der Waals surface area contributed by atoms with Crippen molar-refractivity contribution >= 4 is 5.69 Å². The van der Waals surface area contributed by atoms with Gasteiger partial charge in [-0.3, -0.25) is 0 Å². The minimum atomic E-state index is 0.381. The number of hydrogen-bond donors (Lipinski definition) is 1. The predicted octanol–water partition coefficient (Wildman–Crippen LogP) is 1.63. The Morgan fingerprint density at radius 1 is 1.31 bits per heavy atom. The standard InChI is InChI=1S/C13H20N2O/c14-8-4-10-16-13-7-9-15(11-13)12-5-2-1-3-6-12/h1-3,5-6,13H,4,7-11,14H2/t13-/m1/s1. The van der Waals surface area contributed by atoms with Gasteiger partial charge in [-0.05, 0) is 31.5 Å². The summed E-state index contributed by atoms with van der Waals surface area (Å²) in [7, 11) is 0. The normalized spacial score (nSPS) is 20.3. The van der Waals surface area contributed by atoms with Crippen molar-refractivity contribution in [2.75, 3.05) is 31.1 Å². The van der Waals surface area contributed by atoms with Gasteiger partial charge in [0.25, 0.3) is 0 Å². The number of para-hydroxylation sites is 1. The van der Waals surface area contributed by atoms with Gasteiger partial charge in [0, 0.05) is 25.4 Å². The summed E-state index contributed by atoms with van der Waals surface area (Å²) in [6.45, 7) is 3.62. The average molecular weight is 220 g/mol. The average Bonchev–Trinajstić information content (AvgIpc) is 2.79. The van der Waals surface area contributed by atoms with Crippen LogP contribution in [0.1, 0.15) is 12.8 Å². The van der Waals surface area contributed by atoms with Crippen molar-refractivity contribution in [2.45, 2.75) is 18.9 Å². The van der Waals surface area contributed by atoms with Crippen molar-refractivity contribution < 1.29 is 4.74 Å². The maximum absolute atomic E-state index is 5.77. The molecule has 3 nitrogen and oxygen atoms in total. The molecule has 0 amide bonds. The first kappa shape index (κ1) is 11.4. The smallest absolute Gasteiger partial charge is 0.0766 e. The number of hydrogen-bond acceptors (Lipinski definition) is 3. The van der Waals surface area contributed by atoms with Gasteiger partial charge in [0.1, 0.15) is 0 Å². The Morgan fingerprint density at radius 2 is 2.12 bits per heavy atom. The van der Waals surface area contributed by atoms with Crippen molar-refractivity contribution in [1.82, 2.24) is 0 Å². The Labute approximate surface area is 97.2 Å². The molecule has 3 heteroatoms. The summed E-state index contributed by atoms with van der Waals surface area (Å²) < 4.78 is 5.77. The van der Waals surface area contributed by atoms with E-state index >= 15 is 0 Å². The number of rotatable bonds is 5. The van der Waals surface area contributed by atoms with E-state index in [0.29, 0.717) is 6.10 Å². The molecule has 0 radical (unpaired) electrons. The van der Waals surface area contributed by atoms with Crippen LogP contribution in [-0.2, 0) is 4.74 Å². The van der Waals surface area contributed by atoms with Crippen LogP contribution in [0.25, 0.3) is 0 Å². The Hall–Kier alpha value is -1.06. The van der Waals surface area contributed by atoms with Gasteiger partial charge in [0.2, 0.25) is 0 Å². The molecule has 88 valence electrons. The number of nitrogens with two attached hydrogens (primary N) is 1. The highest BCUT2D eigenvalue weighted by Crippen LogP contribution is 2.21. The van der Waals surface area contributed by atoms with Crippen LogP contribution in [0.2, 0.25) is 0 Å². The van der Waals surface area contributed by atoms with E-state index in [0.717, 1.165) is 39.1 Å². The Kier molecular flexibility index (Phi) is 4.19. The van der Waals surface area contributed by atoms with Crippen molar-refractivity contribution in [2.24, 2.45) is 5.73 Å². The summed E-state index contributed by atoms with van der Waals surface area (Å²) in [5, 5.41) is 0. The van der Waals surface area contributed by atoms with E-state index in [1.54, 1.807) is 0 Å². The van der Waals surface area contributed by atoms with E-state index in [2.05, 4.69) is 35.2 Å². The molecule has 1 atom stereocenters. The molecule has 0 aliphatic carbocycles. The van der Waals surface area contributed by atoms with Gasteiger partial charge in [0.15, 0.2) is 0 Å². The van der Waals surface area contributed by atoms with E-state index < -0.39 is 0 Å². The number of ether oxygens (including phenoxy) is 1. The molecule has 1 fully saturated rings. The largest absolute Gasteiger partial charge is 0.376 e. The van der Waals surface area contributed by atoms with E-state index in [4.69, 9.17) is 10.5 Å². The fraction of sp³-hybridized carbons (Fsp3) is 0.538. The number of benzene rings is 1. The van der Waals surface area contributed by atoms with Gasteiger partial charge in [-0.1, -0.05) is 18.2 Å². The molecule has 0 unspecified atom stereocenters. The minimum Gasteiger partial charge on any atom is -0.376 e. The van der Waals surface area contributed by atoms with Crippen LogP contribution < -0.4 is 10.6 Å². The molecule has 1 aromatic rings. The van der Waals surface area contributed by atoms with Crippen LogP contribution in [0.3, 0.4) is 0 Å². The molecule has 0 bridgehead atoms. The molecule has 0 saturated carbocycles. The summed E-state index contributed by atoms with van der Waals surface area (Å²) in [6, 6.07) is 10.5. The Morgan fingerprint density at radius 3 is 2.88 bits per heavy atom. The highest BCUT2D eigenvalue weighted by Gasteiger charge is 2.22. The molecule has 1 aliphatic rings. The number of anilines is 1. The van der Waals surface area contributed by atoms with Gasteiger partial charge in [0.05, 0.1) is 6.10 Å². The fourth-order valence-electron chi connectivity index (χ4n) is 2.07. The molecule has 2 N–H and O–H groups in total.